The molecule has 7 rings (SSSR count). The van der Waals surface area contributed by atoms with E-state index in [1.165, 1.54) is 0 Å². The van der Waals surface area contributed by atoms with Gasteiger partial charge in [-0.25, -0.2) is 35.1 Å². The van der Waals surface area contributed by atoms with Crippen LogP contribution < -0.4 is 51.6 Å². The smallest absolute Gasteiger partial charge is 1.00 e. The summed E-state index contributed by atoms with van der Waals surface area (Å²) in [6, 6.07) is 0. The number of allylic oxidation sites excluding steroid dienone is 3. The Morgan fingerprint density at radius 2 is 0.984 bits per heavy atom. The second-order valence-corrected chi connectivity index (χ2v) is 25.4. The number of carbonyl (C=O) groups is 4. The van der Waals surface area contributed by atoms with Crippen LogP contribution in [0.3, 0.4) is 0 Å². The minimum atomic E-state index is -3.53. The number of rotatable bonds is 14. The molecule has 7 saturated carbocycles. The van der Waals surface area contributed by atoms with Gasteiger partial charge in [-0.2, -0.15) is 0 Å². The van der Waals surface area contributed by atoms with E-state index < -0.39 is 72.6 Å². The minimum absolute atomic E-state index is 0. The van der Waals surface area contributed by atoms with Gasteiger partial charge in [0.15, 0.2) is 5.54 Å². The summed E-state index contributed by atoms with van der Waals surface area (Å²) in [4.78, 5) is 45.3. The number of halogens is 1. The molecule has 0 bridgehead atoms. The zero-order valence-electron chi connectivity index (χ0n) is 38.0. The molecular weight excluding hydrogens is 895 g/mol. The van der Waals surface area contributed by atoms with Crippen molar-refractivity contribution < 1.29 is 96.8 Å². The third-order valence-electron chi connectivity index (χ3n) is 13.7. The number of sulfonamides is 3. The van der Waals surface area contributed by atoms with E-state index in [0.717, 1.165) is 25.7 Å². The molecule has 7 aliphatic carbocycles. The van der Waals surface area contributed by atoms with Crippen LogP contribution in [0, 0.1) is 39.9 Å². The molecule has 7 fully saturated rings. The molecule has 8 atom stereocenters. The van der Waals surface area contributed by atoms with Crippen molar-refractivity contribution in [3.05, 3.63) is 50.6 Å². The van der Waals surface area contributed by atoms with Crippen LogP contribution in [0.2, 0.25) is 0 Å². The summed E-state index contributed by atoms with van der Waals surface area (Å²) in [5.74, 6) is -1.02. The van der Waals surface area contributed by atoms with Crippen LogP contribution in [0.5, 0.6) is 0 Å². The Balaban J connectivity index is 0.000000773. The van der Waals surface area contributed by atoms with Crippen molar-refractivity contribution in [3.63, 3.8) is 0 Å². The predicted molar refractivity (Wildman–Crippen MR) is 230 cm³/mol. The molecule has 0 aromatic heterocycles. The van der Waals surface area contributed by atoms with E-state index in [9.17, 15) is 44.4 Å². The molecule has 17 nitrogen and oxygen atoms in total. The predicted octanol–water partition coefficient (Wildman–Crippen LogP) is -2.93. The Morgan fingerprint density at radius 3 is 1.22 bits per heavy atom. The average Bonchev–Trinajstić information content (AvgIpc) is 3.94. The summed E-state index contributed by atoms with van der Waals surface area (Å²) in [6.45, 7) is 27.1. The number of esters is 1. The average molecular weight is 964 g/mol. The van der Waals surface area contributed by atoms with Crippen molar-refractivity contribution in [1.82, 2.24) is 9.44 Å². The maximum atomic E-state index is 11.8. The van der Waals surface area contributed by atoms with Gasteiger partial charge < -0.3 is 33.5 Å². The number of carboxylic acids is 1. The molecule has 0 saturated heterocycles. The Labute approximate surface area is 392 Å². The molecule has 63 heavy (non-hydrogen) atoms. The molecule has 0 aromatic rings. The number of aliphatic carboxylic acids is 1. The molecule has 2 amide bonds. The van der Waals surface area contributed by atoms with Gasteiger partial charge in [0.2, 0.25) is 36.0 Å². The fraction of sp³-hybridized carbons (Fsp3) is 0.707. The van der Waals surface area contributed by atoms with Crippen molar-refractivity contribution in [2.45, 2.75) is 132 Å². The molecule has 0 aromatic carbocycles. The zero-order chi connectivity index (χ0) is 46.3. The Morgan fingerprint density at radius 1 is 0.651 bits per heavy atom. The molecule has 356 valence electrons. The van der Waals surface area contributed by atoms with E-state index in [1.807, 2.05) is 19.9 Å². The Hall–Kier alpha value is -2.54. The molecule has 0 unspecified atom stereocenters. The first-order chi connectivity index (χ1) is 27.2. The van der Waals surface area contributed by atoms with E-state index in [2.05, 4.69) is 41.5 Å². The van der Waals surface area contributed by atoms with Gasteiger partial charge >= 0.3 is 30.8 Å². The summed E-state index contributed by atoms with van der Waals surface area (Å²) in [6.07, 6.45) is 13.8. The van der Waals surface area contributed by atoms with E-state index in [1.54, 1.807) is 52.8 Å². The monoisotopic (exact) mass is 962 g/mol. The number of hydrogen-bond acceptors (Lipinski definition) is 12. The van der Waals surface area contributed by atoms with Gasteiger partial charge in [-0.1, -0.05) is 31.2 Å². The molecule has 7 aliphatic rings. The Kier molecular flexibility index (Phi) is 19.7. The van der Waals surface area contributed by atoms with Crippen molar-refractivity contribution >= 4 is 53.8 Å². The first-order valence-corrected chi connectivity index (χ1v) is 24.7. The normalized spacial score (nSPS) is 32.8. The molecule has 0 spiro atoms. The van der Waals surface area contributed by atoms with Crippen molar-refractivity contribution in [2.75, 3.05) is 6.61 Å². The summed E-state index contributed by atoms with van der Waals surface area (Å²) < 4.78 is 75.5. The number of primary sulfonamides is 1. The number of carboxylic acid groups (broad SMARTS) is 1. The number of ether oxygens (including phenoxy) is 1. The van der Waals surface area contributed by atoms with Gasteiger partial charge in [-0.3, -0.25) is 23.9 Å². The van der Waals surface area contributed by atoms with Crippen LogP contribution in [-0.2, 0) is 54.0 Å². The molecule has 0 heterocycles. The number of nitrogens with one attached hydrogen (secondary N) is 2. The number of quaternary nitrogens is 1. The third kappa shape index (κ3) is 13.5. The molecule has 22 heteroatoms. The largest absolute Gasteiger partial charge is 1.00 e. The van der Waals surface area contributed by atoms with Crippen LogP contribution in [0.15, 0.2) is 50.6 Å². The van der Waals surface area contributed by atoms with Crippen molar-refractivity contribution in [3.8, 4) is 0 Å². The third-order valence-corrected chi connectivity index (χ3v) is 19.8. The van der Waals surface area contributed by atoms with E-state index >= 15 is 0 Å². The van der Waals surface area contributed by atoms with E-state index in [0.29, 0.717) is 51.0 Å². The number of nitrogens with two attached hydrogens (primary N) is 1. The van der Waals surface area contributed by atoms with Crippen molar-refractivity contribution in [2.24, 2.45) is 45.1 Å². The summed E-state index contributed by atoms with van der Waals surface area (Å²) in [5.41, 5.74) is 1.65. The minimum Gasteiger partial charge on any atom is -1.00 e. The number of carbonyl (C=O) groups excluding carboxylic acids is 3. The standard InChI is InChI=1S/C11H17NO3S.C10H16N2O3S.C9H14O2.C7H10O2.C4H9NO2S.ClH.Li.H2O/c1-4-8-7-11(8,3)9(13)12-16(14,15)10(2)5-6-10;1-3-7-6-10(7,11)8(13)12-16(14,15)9(2)4-5-9;1-4-7-6-9(7,3)8(10)11-5-2;1-3-5-4-7(5,2)6(8)9;1-4(2-3-4)8(5,6)7;;;/h4,8H,1,5-7H2,2-3H3,(H,12,13);3,7H,1,4-6,11H2,2H3,(H,12,13);4,7H,1,5-6H2,2-3H3;3,5H,1,4H2,2H3,(H,8,9);2-3H2,1H3,(H2,5,6,7);1H;;1H2/q;;;;;;+1;/p-1/t8-,11+;7-,10-;7-,9+;5-,7+;;;;/m1111..../s1. The fourth-order valence-electron chi connectivity index (χ4n) is 6.22. The van der Waals surface area contributed by atoms with Crippen LogP contribution in [0.1, 0.15) is 113 Å². The quantitative estimate of drug-likeness (QED) is 0.0663. The van der Waals surface area contributed by atoms with Crippen LogP contribution in [0.25, 0.3) is 0 Å². The van der Waals surface area contributed by atoms with Crippen LogP contribution >= 0.6 is 0 Å². The number of amides is 2. The van der Waals surface area contributed by atoms with Gasteiger partial charge in [0.25, 0.3) is 5.91 Å². The molecule has 0 aliphatic heterocycles. The first-order valence-electron chi connectivity index (χ1n) is 20.1. The first kappa shape index (κ1) is 60.5. The maximum Gasteiger partial charge on any atom is 1.00 e. The summed E-state index contributed by atoms with van der Waals surface area (Å²) in [7, 11) is -10.3. The van der Waals surface area contributed by atoms with Gasteiger partial charge in [-0.05, 0) is 117 Å². The van der Waals surface area contributed by atoms with Gasteiger partial charge in [0, 0.05) is 12.3 Å². The van der Waals surface area contributed by atoms with Crippen LogP contribution in [0.4, 0.5) is 0 Å². The van der Waals surface area contributed by atoms with Crippen molar-refractivity contribution in [1.29, 1.82) is 0 Å². The molecule has 9 N–H and O–H groups in total. The van der Waals surface area contributed by atoms with Gasteiger partial charge in [0.1, 0.15) is 0 Å². The molecular formula is C41H68ClLiN4O13S3. The fourth-order valence-corrected chi connectivity index (χ4v) is 9.59. The topological polar surface area (TPSA) is 308 Å². The number of hydrogen-bond donors (Lipinski definition) is 5. The van der Waals surface area contributed by atoms with Gasteiger partial charge in [-0.15, -0.1) is 26.3 Å². The van der Waals surface area contributed by atoms with Crippen LogP contribution in [-0.4, -0.2) is 86.0 Å². The molecule has 0 radical (unpaired) electrons. The van der Waals surface area contributed by atoms with Gasteiger partial charge in [0.05, 0.1) is 37.1 Å². The van der Waals surface area contributed by atoms with E-state index in [4.69, 9.17) is 15.0 Å². The van der Waals surface area contributed by atoms with E-state index in [-0.39, 0.29) is 71.8 Å². The SMILES string of the molecule is C=C[C@@H]1C[C@]1(C)C(=O)NS(=O)(=O)C1(C)CC1.C=C[C@@H]1C[C@]1(C)C(=O)O.C=C[C@@H]1C[C@]1(C)C(=O)OCC.C=C[C@@H]1C[C@]1([NH3+])C(=O)NS(=O)(=O)C1(C)CC1.CC1(S(N)(=O)=O)CC1.[Cl-].[Li+].[OH-]. The second-order valence-electron chi connectivity index (χ2n) is 18.9. The second kappa shape index (κ2) is 20.5. The zero-order valence-corrected chi connectivity index (χ0v) is 41.2. The maximum absolute atomic E-state index is 11.8. The Bertz CT molecular complexity index is 2040. The summed E-state index contributed by atoms with van der Waals surface area (Å²) >= 11 is 0. The summed E-state index contributed by atoms with van der Waals surface area (Å²) in [5, 5.41) is 13.4.